The SMILES string of the molecule is CCn1c(SCC(=O)N2c3ccccc3NC(=O)CC2C(F)(F)F)nnc1-c1ccncc1. The van der Waals surface area contributed by atoms with Crippen LogP contribution in [0, 0.1) is 0 Å². The van der Waals surface area contributed by atoms with Gasteiger partial charge in [0.15, 0.2) is 11.0 Å². The fourth-order valence-corrected chi connectivity index (χ4v) is 4.45. The van der Waals surface area contributed by atoms with Crippen LogP contribution in [0.1, 0.15) is 13.3 Å². The van der Waals surface area contributed by atoms with E-state index in [1.807, 2.05) is 6.92 Å². The molecule has 1 atom stereocenters. The molecule has 2 aromatic heterocycles. The Labute approximate surface area is 191 Å². The number of anilines is 2. The van der Waals surface area contributed by atoms with Gasteiger partial charge in [0.2, 0.25) is 11.8 Å². The Kier molecular flexibility index (Phi) is 6.36. The zero-order valence-corrected chi connectivity index (χ0v) is 18.2. The molecule has 0 saturated carbocycles. The lowest BCUT2D eigenvalue weighted by atomic mass is 10.1. The fraction of sp³-hybridized carbons (Fsp3) is 0.286. The number of rotatable bonds is 5. The normalized spacial score (nSPS) is 16.2. The fourth-order valence-electron chi connectivity index (χ4n) is 3.59. The summed E-state index contributed by atoms with van der Waals surface area (Å²) in [7, 11) is 0. The van der Waals surface area contributed by atoms with Gasteiger partial charge < -0.3 is 9.88 Å². The van der Waals surface area contributed by atoms with Crippen molar-refractivity contribution < 1.29 is 22.8 Å². The maximum absolute atomic E-state index is 13.9. The lowest BCUT2D eigenvalue weighted by Gasteiger charge is -2.31. The number of carbonyl (C=O) groups is 2. The molecule has 0 spiro atoms. The number of nitrogens with one attached hydrogen (secondary N) is 1. The van der Waals surface area contributed by atoms with Crippen molar-refractivity contribution in [3.05, 3.63) is 48.8 Å². The molecule has 1 aliphatic rings. The van der Waals surface area contributed by atoms with Crippen molar-refractivity contribution in [1.82, 2.24) is 19.7 Å². The smallest absolute Gasteiger partial charge is 0.324 e. The van der Waals surface area contributed by atoms with E-state index >= 15 is 0 Å². The molecule has 8 nitrogen and oxygen atoms in total. The third-order valence-electron chi connectivity index (χ3n) is 5.07. The summed E-state index contributed by atoms with van der Waals surface area (Å²) in [4.78, 5) is 29.9. The first-order chi connectivity index (χ1) is 15.8. The molecule has 1 aliphatic heterocycles. The summed E-state index contributed by atoms with van der Waals surface area (Å²) < 4.78 is 43.4. The van der Waals surface area contributed by atoms with Crippen LogP contribution in [0.4, 0.5) is 24.5 Å². The van der Waals surface area contributed by atoms with Crippen LogP contribution in [0.5, 0.6) is 0 Å². The van der Waals surface area contributed by atoms with Crippen LogP contribution < -0.4 is 10.2 Å². The number of para-hydroxylation sites is 2. The van der Waals surface area contributed by atoms with Gasteiger partial charge in [0.05, 0.1) is 23.5 Å². The van der Waals surface area contributed by atoms with Crippen molar-refractivity contribution in [2.75, 3.05) is 16.0 Å². The molecule has 4 rings (SSSR count). The van der Waals surface area contributed by atoms with E-state index in [2.05, 4.69) is 20.5 Å². The Morgan fingerprint density at radius 1 is 1.18 bits per heavy atom. The highest BCUT2D eigenvalue weighted by Crippen LogP contribution is 2.38. The molecular formula is C21H19F3N6O2S. The summed E-state index contributed by atoms with van der Waals surface area (Å²) in [6.07, 6.45) is -2.44. The van der Waals surface area contributed by atoms with E-state index < -0.39 is 30.5 Å². The van der Waals surface area contributed by atoms with Gasteiger partial charge in [-0.05, 0) is 31.2 Å². The number of aromatic nitrogens is 4. The molecule has 1 unspecified atom stereocenters. The second-order valence-electron chi connectivity index (χ2n) is 7.17. The van der Waals surface area contributed by atoms with Crippen molar-refractivity contribution in [1.29, 1.82) is 0 Å². The quantitative estimate of drug-likeness (QED) is 0.564. The van der Waals surface area contributed by atoms with Crippen LogP contribution in [-0.4, -0.2) is 49.5 Å². The molecule has 0 fully saturated rings. The third-order valence-corrected chi connectivity index (χ3v) is 6.02. The van der Waals surface area contributed by atoms with E-state index in [1.165, 1.54) is 18.2 Å². The molecule has 2 amide bonds. The van der Waals surface area contributed by atoms with Gasteiger partial charge in [-0.25, -0.2) is 0 Å². The largest absolute Gasteiger partial charge is 0.409 e. The number of hydrogen-bond acceptors (Lipinski definition) is 6. The van der Waals surface area contributed by atoms with Crippen molar-refractivity contribution >= 4 is 35.0 Å². The molecule has 1 aromatic carbocycles. The number of fused-ring (bicyclic) bond motifs is 1. The molecule has 0 bridgehead atoms. The number of amides is 2. The monoisotopic (exact) mass is 476 g/mol. The molecule has 1 N–H and O–H groups in total. The zero-order valence-electron chi connectivity index (χ0n) is 17.4. The first-order valence-electron chi connectivity index (χ1n) is 10.0. The van der Waals surface area contributed by atoms with Crippen LogP contribution >= 0.6 is 11.8 Å². The third kappa shape index (κ3) is 4.70. The Hall–Kier alpha value is -3.41. The van der Waals surface area contributed by atoms with Gasteiger partial charge in [0, 0.05) is 24.5 Å². The van der Waals surface area contributed by atoms with Crippen molar-refractivity contribution in [2.24, 2.45) is 0 Å². The summed E-state index contributed by atoms with van der Waals surface area (Å²) in [5.74, 6) is -1.34. The van der Waals surface area contributed by atoms with Gasteiger partial charge >= 0.3 is 6.18 Å². The van der Waals surface area contributed by atoms with Gasteiger partial charge in [-0.1, -0.05) is 23.9 Å². The maximum Gasteiger partial charge on any atom is 0.409 e. The number of alkyl halides is 3. The first kappa shape index (κ1) is 22.8. The molecule has 0 aliphatic carbocycles. The van der Waals surface area contributed by atoms with Gasteiger partial charge in [-0.2, -0.15) is 13.2 Å². The number of benzene rings is 1. The molecule has 3 aromatic rings. The highest BCUT2D eigenvalue weighted by atomic mass is 32.2. The van der Waals surface area contributed by atoms with Crippen molar-refractivity contribution in [3.8, 4) is 11.4 Å². The van der Waals surface area contributed by atoms with Crippen LogP contribution in [0.25, 0.3) is 11.4 Å². The molecule has 0 radical (unpaired) electrons. The second kappa shape index (κ2) is 9.22. The number of pyridine rings is 1. The van der Waals surface area contributed by atoms with Gasteiger partial charge in [0.25, 0.3) is 0 Å². The summed E-state index contributed by atoms with van der Waals surface area (Å²) >= 11 is 0.994. The molecule has 0 saturated heterocycles. The topological polar surface area (TPSA) is 93.0 Å². The highest BCUT2D eigenvalue weighted by molar-refractivity contribution is 7.99. The Morgan fingerprint density at radius 3 is 2.61 bits per heavy atom. The van der Waals surface area contributed by atoms with E-state index in [0.717, 1.165) is 17.3 Å². The van der Waals surface area contributed by atoms with E-state index in [9.17, 15) is 22.8 Å². The summed E-state index contributed by atoms with van der Waals surface area (Å²) in [5.41, 5.74) is 0.940. The van der Waals surface area contributed by atoms with Crippen LogP contribution in [-0.2, 0) is 16.1 Å². The minimum atomic E-state index is -4.78. The number of carbonyl (C=O) groups excluding carboxylic acids is 2. The van der Waals surface area contributed by atoms with Gasteiger partial charge in [0.1, 0.15) is 6.04 Å². The molecule has 172 valence electrons. The van der Waals surface area contributed by atoms with Gasteiger partial charge in [-0.3, -0.25) is 19.5 Å². The average Bonchev–Trinajstić information content (AvgIpc) is 3.13. The van der Waals surface area contributed by atoms with Crippen LogP contribution in [0.2, 0.25) is 0 Å². The van der Waals surface area contributed by atoms with Crippen molar-refractivity contribution in [3.63, 3.8) is 0 Å². The minimum Gasteiger partial charge on any atom is -0.324 e. The van der Waals surface area contributed by atoms with E-state index in [-0.39, 0.29) is 17.1 Å². The van der Waals surface area contributed by atoms with E-state index in [1.54, 1.807) is 35.2 Å². The minimum absolute atomic E-state index is 0.00529. The predicted octanol–water partition coefficient (Wildman–Crippen LogP) is 3.76. The Morgan fingerprint density at radius 2 is 1.91 bits per heavy atom. The lowest BCUT2D eigenvalue weighted by molar-refractivity contribution is -0.157. The van der Waals surface area contributed by atoms with Crippen molar-refractivity contribution in [2.45, 2.75) is 37.3 Å². The molecular weight excluding hydrogens is 457 g/mol. The van der Waals surface area contributed by atoms with E-state index in [4.69, 9.17) is 0 Å². The Balaban J connectivity index is 1.62. The summed E-state index contributed by atoms with van der Waals surface area (Å²) in [6.45, 7) is 2.37. The zero-order chi connectivity index (χ0) is 23.6. The standard InChI is InChI=1S/C21H19F3N6O2S/c1-2-29-19(13-7-9-25-10-8-13)27-28-20(29)33-12-18(32)30-15-6-4-3-5-14(15)26-17(31)11-16(30)21(22,23)24/h3-10,16H,2,11-12H2,1H3,(H,26,31). The lowest BCUT2D eigenvalue weighted by Crippen LogP contribution is -2.50. The van der Waals surface area contributed by atoms with Crippen LogP contribution in [0.3, 0.4) is 0 Å². The number of hydrogen-bond donors (Lipinski definition) is 1. The predicted molar refractivity (Wildman–Crippen MR) is 117 cm³/mol. The first-order valence-corrected chi connectivity index (χ1v) is 11.0. The molecule has 33 heavy (non-hydrogen) atoms. The molecule has 3 heterocycles. The molecule has 12 heteroatoms. The summed E-state index contributed by atoms with van der Waals surface area (Å²) in [6, 6.07) is 7.21. The number of halogens is 3. The average molecular weight is 476 g/mol. The van der Waals surface area contributed by atoms with E-state index in [0.29, 0.717) is 22.4 Å². The van der Waals surface area contributed by atoms with Gasteiger partial charge in [-0.15, -0.1) is 10.2 Å². The number of thioether (sulfide) groups is 1. The number of nitrogens with zero attached hydrogens (tertiary/aromatic N) is 5. The van der Waals surface area contributed by atoms with Crippen LogP contribution in [0.15, 0.2) is 53.9 Å². The maximum atomic E-state index is 13.9. The Bertz CT molecular complexity index is 1170. The summed E-state index contributed by atoms with van der Waals surface area (Å²) in [5, 5.41) is 11.1. The second-order valence-corrected chi connectivity index (χ2v) is 8.11. The highest BCUT2D eigenvalue weighted by Gasteiger charge is 2.48.